The van der Waals surface area contributed by atoms with Gasteiger partial charge in [0.05, 0.1) is 12.8 Å². The first kappa shape index (κ1) is 13.8. The van der Waals surface area contributed by atoms with Crippen LogP contribution in [0.2, 0.25) is 0 Å². The van der Waals surface area contributed by atoms with Crippen LogP contribution in [0.3, 0.4) is 0 Å². The van der Waals surface area contributed by atoms with Gasteiger partial charge in [0, 0.05) is 16.7 Å². The molecule has 1 aliphatic rings. The van der Waals surface area contributed by atoms with Gasteiger partial charge in [-0.1, -0.05) is 12.8 Å². The van der Waals surface area contributed by atoms with E-state index in [1.807, 2.05) is 6.07 Å². The van der Waals surface area contributed by atoms with Crippen molar-refractivity contribution in [2.24, 2.45) is 0 Å². The van der Waals surface area contributed by atoms with Crippen molar-refractivity contribution in [2.75, 3.05) is 13.2 Å². The van der Waals surface area contributed by atoms with Gasteiger partial charge in [0.15, 0.2) is 0 Å². The highest BCUT2D eigenvalue weighted by atomic mass is 79.9. The van der Waals surface area contributed by atoms with Gasteiger partial charge in [-0.25, -0.2) is 0 Å². The maximum atomic E-state index is 5.63. The Labute approximate surface area is 117 Å². The van der Waals surface area contributed by atoms with Crippen molar-refractivity contribution in [2.45, 2.75) is 44.6 Å². The second kappa shape index (κ2) is 7.74. The molecule has 0 aliphatic heterocycles. The van der Waals surface area contributed by atoms with Gasteiger partial charge in [-0.2, -0.15) is 0 Å². The summed E-state index contributed by atoms with van der Waals surface area (Å²) in [6, 6.07) is 2.80. The topological polar surface area (TPSA) is 34.1 Å². The summed E-state index contributed by atoms with van der Waals surface area (Å²) >= 11 is 3.38. The van der Waals surface area contributed by atoms with Crippen LogP contribution in [-0.2, 0) is 0 Å². The van der Waals surface area contributed by atoms with E-state index in [2.05, 4.69) is 26.2 Å². The van der Waals surface area contributed by atoms with E-state index in [4.69, 9.17) is 4.74 Å². The number of aromatic nitrogens is 1. The number of nitrogens with one attached hydrogen (secondary N) is 1. The molecule has 0 saturated heterocycles. The van der Waals surface area contributed by atoms with Crippen molar-refractivity contribution in [3.05, 3.63) is 22.9 Å². The second-order valence-corrected chi connectivity index (χ2v) is 5.75. The lowest BCUT2D eigenvalue weighted by atomic mass is 10.2. The van der Waals surface area contributed by atoms with Crippen LogP contribution in [0.5, 0.6) is 5.75 Å². The summed E-state index contributed by atoms with van der Waals surface area (Å²) in [4.78, 5) is 4.07. The Kier molecular flexibility index (Phi) is 5.94. The van der Waals surface area contributed by atoms with Crippen LogP contribution in [0.4, 0.5) is 0 Å². The number of halogens is 1. The fraction of sp³-hybridized carbons (Fsp3) is 0.643. The zero-order valence-corrected chi connectivity index (χ0v) is 12.3. The number of nitrogens with zero attached hydrogens (tertiary/aromatic N) is 1. The second-order valence-electron chi connectivity index (χ2n) is 4.83. The van der Waals surface area contributed by atoms with E-state index in [1.165, 1.54) is 38.6 Å². The molecule has 1 aromatic heterocycles. The summed E-state index contributed by atoms with van der Waals surface area (Å²) in [6.45, 7) is 1.97. The lowest BCUT2D eigenvalue weighted by molar-refractivity contribution is 0.303. The third-order valence-corrected chi connectivity index (χ3v) is 3.46. The zero-order chi connectivity index (χ0) is 12.6. The summed E-state index contributed by atoms with van der Waals surface area (Å²) < 4.78 is 6.60. The van der Waals surface area contributed by atoms with E-state index < -0.39 is 0 Å². The van der Waals surface area contributed by atoms with Gasteiger partial charge in [-0.05, 0) is 54.2 Å². The summed E-state index contributed by atoms with van der Waals surface area (Å²) in [5.74, 6) is 0.847. The summed E-state index contributed by atoms with van der Waals surface area (Å²) in [7, 11) is 0. The predicted octanol–water partition coefficient (Wildman–Crippen LogP) is 3.54. The van der Waals surface area contributed by atoms with E-state index in [9.17, 15) is 0 Å². The lowest BCUT2D eigenvalue weighted by Crippen LogP contribution is -2.17. The molecular formula is C14H21BrN2O. The molecule has 1 fully saturated rings. The molecule has 1 saturated carbocycles. The molecule has 0 bridgehead atoms. The van der Waals surface area contributed by atoms with Gasteiger partial charge in [-0.3, -0.25) is 4.98 Å². The number of pyridine rings is 1. The van der Waals surface area contributed by atoms with Gasteiger partial charge >= 0.3 is 0 Å². The highest BCUT2D eigenvalue weighted by Crippen LogP contribution is 2.18. The first-order chi connectivity index (χ1) is 8.84. The molecule has 100 valence electrons. The molecular weight excluding hydrogens is 292 g/mol. The Morgan fingerprint density at radius 3 is 2.83 bits per heavy atom. The molecule has 18 heavy (non-hydrogen) atoms. The number of hydrogen-bond donors (Lipinski definition) is 1. The lowest BCUT2D eigenvalue weighted by Gasteiger charge is -2.06. The molecule has 1 heterocycles. The first-order valence-corrected chi connectivity index (χ1v) is 7.60. The zero-order valence-electron chi connectivity index (χ0n) is 10.7. The molecule has 1 aliphatic carbocycles. The van der Waals surface area contributed by atoms with E-state index in [0.717, 1.165) is 29.3 Å². The van der Waals surface area contributed by atoms with Crippen LogP contribution in [0.15, 0.2) is 22.9 Å². The van der Waals surface area contributed by atoms with Crippen LogP contribution in [0.25, 0.3) is 0 Å². The normalized spacial score (nSPS) is 14.7. The monoisotopic (exact) mass is 312 g/mol. The molecule has 0 spiro atoms. The maximum absolute atomic E-state index is 5.63. The molecule has 0 aromatic carbocycles. The van der Waals surface area contributed by atoms with Crippen molar-refractivity contribution < 1.29 is 4.74 Å². The van der Waals surface area contributed by atoms with Crippen molar-refractivity contribution >= 4 is 15.9 Å². The number of unbranched alkanes of at least 4 members (excludes halogenated alkanes) is 3. The molecule has 4 heteroatoms. The average molecular weight is 313 g/mol. The smallest absolute Gasteiger partial charge is 0.138 e. The number of ether oxygens (including phenoxy) is 1. The fourth-order valence-electron chi connectivity index (χ4n) is 1.84. The summed E-state index contributed by atoms with van der Waals surface area (Å²) in [6.07, 6.45) is 11.2. The van der Waals surface area contributed by atoms with Crippen LogP contribution >= 0.6 is 15.9 Å². The van der Waals surface area contributed by atoms with E-state index in [-0.39, 0.29) is 0 Å². The quantitative estimate of drug-likeness (QED) is 0.708. The van der Waals surface area contributed by atoms with E-state index >= 15 is 0 Å². The summed E-state index contributed by atoms with van der Waals surface area (Å²) in [5.41, 5.74) is 0. The van der Waals surface area contributed by atoms with Crippen molar-refractivity contribution in [3.63, 3.8) is 0 Å². The largest absolute Gasteiger partial charge is 0.492 e. The van der Waals surface area contributed by atoms with Gasteiger partial charge in [0.1, 0.15) is 5.75 Å². The molecule has 1 N–H and O–H groups in total. The van der Waals surface area contributed by atoms with E-state index in [0.29, 0.717) is 0 Å². The number of hydrogen-bond acceptors (Lipinski definition) is 3. The minimum absolute atomic E-state index is 0.786. The summed E-state index contributed by atoms with van der Waals surface area (Å²) in [5, 5.41) is 3.53. The molecule has 2 rings (SSSR count). The Morgan fingerprint density at radius 2 is 2.06 bits per heavy atom. The SMILES string of the molecule is Brc1cncc(OCCCCCCNC2CC2)c1. The molecule has 0 atom stereocenters. The van der Waals surface area contributed by atoms with Gasteiger partial charge in [0.25, 0.3) is 0 Å². The third-order valence-electron chi connectivity index (χ3n) is 3.03. The van der Waals surface area contributed by atoms with Crippen molar-refractivity contribution in [1.82, 2.24) is 10.3 Å². The van der Waals surface area contributed by atoms with Crippen molar-refractivity contribution in [1.29, 1.82) is 0 Å². The maximum Gasteiger partial charge on any atom is 0.138 e. The Morgan fingerprint density at radius 1 is 1.22 bits per heavy atom. The van der Waals surface area contributed by atoms with Gasteiger partial charge in [-0.15, -0.1) is 0 Å². The predicted molar refractivity (Wildman–Crippen MR) is 76.9 cm³/mol. The molecule has 0 amide bonds. The Bertz CT molecular complexity index is 355. The highest BCUT2D eigenvalue weighted by Gasteiger charge is 2.19. The highest BCUT2D eigenvalue weighted by molar-refractivity contribution is 9.10. The molecule has 0 radical (unpaired) electrons. The molecule has 0 unspecified atom stereocenters. The Balaban J connectivity index is 1.43. The van der Waals surface area contributed by atoms with Gasteiger partial charge < -0.3 is 10.1 Å². The van der Waals surface area contributed by atoms with Crippen LogP contribution in [-0.4, -0.2) is 24.2 Å². The van der Waals surface area contributed by atoms with Crippen LogP contribution in [0.1, 0.15) is 38.5 Å². The van der Waals surface area contributed by atoms with Gasteiger partial charge in [0.2, 0.25) is 0 Å². The molecule has 1 aromatic rings. The van der Waals surface area contributed by atoms with Crippen LogP contribution in [0, 0.1) is 0 Å². The minimum atomic E-state index is 0.786. The average Bonchev–Trinajstić information content (AvgIpc) is 3.17. The van der Waals surface area contributed by atoms with E-state index in [1.54, 1.807) is 12.4 Å². The Hall–Kier alpha value is -0.610. The first-order valence-electron chi connectivity index (χ1n) is 6.81. The van der Waals surface area contributed by atoms with Crippen molar-refractivity contribution in [3.8, 4) is 5.75 Å². The number of rotatable bonds is 9. The third kappa shape index (κ3) is 5.83. The fourth-order valence-corrected chi connectivity index (χ4v) is 2.18. The van der Waals surface area contributed by atoms with Crippen LogP contribution < -0.4 is 10.1 Å². The molecule has 3 nitrogen and oxygen atoms in total. The standard InChI is InChI=1S/C14H21BrN2O/c15-12-9-14(11-16-10-12)18-8-4-2-1-3-7-17-13-5-6-13/h9-11,13,17H,1-8H2. The minimum Gasteiger partial charge on any atom is -0.492 e.